The van der Waals surface area contributed by atoms with Crippen LogP contribution in [-0.2, 0) is 17.1 Å². The summed E-state index contributed by atoms with van der Waals surface area (Å²) in [4.78, 5) is 4.60. The molecule has 0 atom stereocenters. The Morgan fingerprint density at radius 1 is 1.00 bits per heavy atom. The zero-order valence-electron chi connectivity index (χ0n) is 12.9. The number of nitrogens with zero attached hydrogens (tertiary/aromatic N) is 4. The lowest BCUT2D eigenvalue weighted by Gasteiger charge is -2.07. The molecule has 0 radical (unpaired) electrons. The number of aromatic nitrogens is 4. The average Bonchev–Trinajstić information content (AvgIpc) is 3.21. The molecular weight excluding hydrogens is 324 g/mol. The fourth-order valence-corrected chi connectivity index (χ4v) is 3.96. The molecule has 0 aliphatic heterocycles. The number of hydrogen-bond donors (Lipinski definition) is 0. The Balaban J connectivity index is 1.84. The molecule has 3 heterocycles. The van der Waals surface area contributed by atoms with Crippen molar-refractivity contribution in [2.45, 2.75) is 4.90 Å². The van der Waals surface area contributed by atoms with Gasteiger partial charge in [0.2, 0.25) is 0 Å². The van der Waals surface area contributed by atoms with E-state index in [0.29, 0.717) is 5.65 Å². The van der Waals surface area contributed by atoms with Crippen molar-refractivity contribution in [2.24, 2.45) is 7.05 Å². The zero-order valence-corrected chi connectivity index (χ0v) is 13.7. The third-order valence-electron chi connectivity index (χ3n) is 3.83. The average molecular weight is 338 g/mol. The molecule has 7 heteroatoms. The van der Waals surface area contributed by atoms with Crippen molar-refractivity contribution in [1.82, 2.24) is 18.7 Å². The molecule has 0 unspecified atom stereocenters. The van der Waals surface area contributed by atoms with Gasteiger partial charge in [0, 0.05) is 42.2 Å². The summed E-state index contributed by atoms with van der Waals surface area (Å²) in [6.45, 7) is 0. The summed E-state index contributed by atoms with van der Waals surface area (Å²) in [6.07, 6.45) is 6.84. The minimum absolute atomic E-state index is 0.237. The molecule has 4 aromatic rings. The first-order chi connectivity index (χ1) is 11.6. The van der Waals surface area contributed by atoms with E-state index in [2.05, 4.69) is 10.1 Å². The minimum Gasteiger partial charge on any atom is -0.275 e. The molecule has 4 rings (SSSR count). The van der Waals surface area contributed by atoms with Gasteiger partial charge in [0.1, 0.15) is 0 Å². The third kappa shape index (κ3) is 2.30. The highest BCUT2D eigenvalue weighted by Gasteiger charge is 2.19. The summed E-state index contributed by atoms with van der Waals surface area (Å²) in [5, 5.41) is 4.91. The first-order valence-electron chi connectivity index (χ1n) is 7.32. The van der Waals surface area contributed by atoms with Gasteiger partial charge in [-0.15, -0.1) is 0 Å². The Kier molecular flexibility index (Phi) is 3.24. The van der Waals surface area contributed by atoms with Gasteiger partial charge in [-0.1, -0.05) is 18.2 Å². The quantitative estimate of drug-likeness (QED) is 0.576. The Labute approximate surface area is 139 Å². The Hall–Kier alpha value is -2.93. The molecule has 0 N–H and O–H groups in total. The van der Waals surface area contributed by atoms with Crippen molar-refractivity contribution in [1.29, 1.82) is 0 Å². The van der Waals surface area contributed by atoms with Crippen molar-refractivity contribution in [2.75, 3.05) is 0 Å². The van der Waals surface area contributed by atoms with Crippen molar-refractivity contribution in [3.8, 4) is 11.1 Å². The van der Waals surface area contributed by atoms with Crippen LogP contribution in [-0.4, -0.2) is 27.2 Å². The van der Waals surface area contributed by atoms with E-state index in [-0.39, 0.29) is 4.90 Å². The van der Waals surface area contributed by atoms with E-state index < -0.39 is 10.0 Å². The van der Waals surface area contributed by atoms with Gasteiger partial charge >= 0.3 is 0 Å². The van der Waals surface area contributed by atoms with E-state index in [1.807, 2.05) is 19.3 Å². The van der Waals surface area contributed by atoms with Gasteiger partial charge in [0.25, 0.3) is 10.0 Å². The normalized spacial score (nSPS) is 11.9. The molecule has 1 aromatic carbocycles. The summed E-state index contributed by atoms with van der Waals surface area (Å²) in [6, 6.07) is 12.0. The molecule has 0 amide bonds. The van der Waals surface area contributed by atoms with Crippen LogP contribution in [0.2, 0.25) is 0 Å². The van der Waals surface area contributed by atoms with Gasteiger partial charge in [-0.2, -0.15) is 5.10 Å². The van der Waals surface area contributed by atoms with Crippen LogP contribution in [0.25, 0.3) is 22.2 Å². The maximum absolute atomic E-state index is 12.8. The van der Waals surface area contributed by atoms with E-state index in [9.17, 15) is 8.42 Å². The molecule has 0 spiro atoms. The summed E-state index contributed by atoms with van der Waals surface area (Å²) >= 11 is 0. The molecule has 0 saturated heterocycles. The Bertz CT molecular complexity index is 1130. The number of rotatable bonds is 3. The van der Waals surface area contributed by atoms with Gasteiger partial charge in [-0.25, -0.2) is 17.4 Å². The van der Waals surface area contributed by atoms with Crippen LogP contribution >= 0.6 is 0 Å². The number of hydrogen-bond acceptors (Lipinski definition) is 4. The molecule has 6 nitrogen and oxygen atoms in total. The molecule has 24 heavy (non-hydrogen) atoms. The second kappa shape index (κ2) is 5.31. The van der Waals surface area contributed by atoms with Crippen LogP contribution in [0.1, 0.15) is 0 Å². The summed E-state index contributed by atoms with van der Waals surface area (Å²) < 4.78 is 28.5. The van der Waals surface area contributed by atoms with Crippen LogP contribution in [0.4, 0.5) is 0 Å². The standard InChI is InChI=1S/C17H14N4O2S/c1-20-12-15(11-19-20)14-9-13-7-8-21(17(13)18-10-14)24(22,23)16-5-3-2-4-6-16/h2-12H,1H3. The number of fused-ring (bicyclic) bond motifs is 1. The van der Waals surface area contributed by atoms with E-state index in [1.54, 1.807) is 53.5 Å². The molecule has 120 valence electrons. The predicted octanol–water partition coefficient (Wildman–Crippen LogP) is 2.67. The number of benzene rings is 1. The molecule has 0 bridgehead atoms. The van der Waals surface area contributed by atoms with Crippen molar-refractivity contribution in [3.05, 3.63) is 67.3 Å². The van der Waals surface area contributed by atoms with Crippen molar-refractivity contribution in [3.63, 3.8) is 0 Å². The minimum atomic E-state index is -3.66. The van der Waals surface area contributed by atoms with Crippen molar-refractivity contribution >= 4 is 21.1 Å². The molecular formula is C17H14N4O2S. The largest absolute Gasteiger partial charge is 0.275 e. The first kappa shape index (κ1) is 14.6. The highest BCUT2D eigenvalue weighted by Crippen LogP contribution is 2.25. The zero-order chi connectivity index (χ0) is 16.7. The lowest BCUT2D eigenvalue weighted by atomic mass is 10.1. The maximum Gasteiger partial charge on any atom is 0.269 e. The van der Waals surface area contributed by atoms with Gasteiger partial charge in [0.15, 0.2) is 5.65 Å². The van der Waals surface area contributed by atoms with Crippen LogP contribution in [0.3, 0.4) is 0 Å². The summed E-state index contributed by atoms with van der Waals surface area (Å²) in [5.41, 5.74) is 2.24. The summed E-state index contributed by atoms with van der Waals surface area (Å²) in [5.74, 6) is 0. The van der Waals surface area contributed by atoms with Crippen molar-refractivity contribution < 1.29 is 8.42 Å². The number of pyridine rings is 1. The first-order valence-corrected chi connectivity index (χ1v) is 8.76. The second-order valence-corrected chi connectivity index (χ2v) is 7.28. The molecule has 0 saturated carbocycles. The van der Waals surface area contributed by atoms with Gasteiger partial charge in [-0.05, 0) is 24.3 Å². The van der Waals surface area contributed by atoms with E-state index in [4.69, 9.17) is 0 Å². The fourth-order valence-electron chi connectivity index (χ4n) is 2.63. The lowest BCUT2D eigenvalue weighted by Crippen LogP contribution is -2.12. The second-order valence-electron chi connectivity index (χ2n) is 5.47. The monoisotopic (exact) mass is 338 g/mol. The highest BCUT2D eigenvalue weighted by molar-refractivity contribution is 7.90. The van der Waals surface area contributed by atoms with Crippen LogP contribution in [0.5, 0.6) is 0 Å². The SMILES string of the molecule is Cn1cc(-c2cnc3c(ccn3S(=O)(=O)c3ccccc3)c2)cn1. The molecule has 0 aliphatic carbocycles. The number of aryl methyl sites for hydroxylation is 1. The molecule has 3 aromatic heterocycles. The Morgan fingerprint density at radius 2 is 1.79 bits per heavy atom. The summed E-state index contributed by atoms with van der Waals surface area (Å²) in [7, 11) is -1.81. The smallest absolute Gasteiger partial charge is 0.269 e. The molecule has 0 aliphatic rings. The van der Waals surface area contributed by atoms with Gasteiger partial charge in [0.05, 0.1) is 11.1 Å². The van der Waals surface area contributed by atoms with E-state index >= 15 is 0 Å². The lowest BCUT2D eigenvalue weighted by molar-refractivity contribution is 0.589. The van der Waals surface area contributed by atoms with Gasteiger partial charge < -0.3 is 0 Å². The molecule has 0 fully saturated rings. The fraction of sp³-hybridized carbons (Fsp3) is 0.0588. The topological polar surface area (TPSA) is 69.8 Å². The third-order valence-corrected chi connectivity index (χ3v) is 5.51. The van der Waals surface area contributed by atoms with E-state index in [0.717, 1.165) is 16.5 Å². The van der Waals surface area contributed by atoms with E-state index in [1.165, 1.54) is 10.2 Å². The van der Waals surface area contributed by atoms with Crippen LogP contribution in [0.15, 0.2) is 72.1 Å². The maximum atomic E-state index is 12.8. The van der Waals surface area contributed by atoms with Crippen LogP contribution in [0, 0.1) is 0 Å². The van der Waals surface area contributed by atoms with Gasteiger partial charge in [-0.3, -0.25) is 4.68 Å². The highest BCUT2D eigenvalue weighted by atomic mass is 32.2. The van der Waals surface area contributed by atoms with Crippen LogP contribution < -0.4 is 0 Å². The predicted molar refractivity (Wildman–Crippen MR) is 91.0 cm³/mol. The Morgan fingerprint density at radius 3 is 2.50 bits per heavy atom.